The van der Waals surface area contributed by atoms with Crippen LogP contribution in [0.4, 0.5) is 5.69 Å². The summed E-state index contributed by atoms with van der Waals surface area (Å²) in [6.07, 6.45) is 1.73. The number of nitrogens with one attached hydrogen (secondary N) is 1. The third kappa shape index (κ3) is 5.26. The number of amides is 1. The monoisotopic (exact) mass is 562 g/mol. The molecule has 0 aliphatic carbocycles. The van der Waals surface area contributed by atoms with Gasteiger partial charge in [-0.1, -0.05) is 89.4 Å². The summed E-state index contributed by atoms with van der Waals surface area (Å²) >= 11 is 12.8. The SMILES string of the molecule is Cc1ccc(S(=O)(=O)N[C@H]2/C(=C/c3ccccc3)C(=O)N(c3ccc(Cl)cc3)[C@@H]2c2ccccc2Cl)cc1. The fourth-order valence-electron chi connectivity index (χ4n) is 4.59. The summed E-state index contributed by atoms with van der Waals surface area (Å²) in [5, 5.41) is 0.941. The van der Waals surface area contributed by atoms with Gasteiger partial charge in [-0.05, 0) is 66.6 Å². The van der Waals surface area contributed by atoms with Gasteiger partial charge < -0.3 is 0 Å². The van der Waals surface area contributed by atoms with Crippen molar-refractivity contribution in [3.05, 3.63) is 135 Å². The number of hydrogen-bond donors (Lipinski definition) is 1. The highest BCUT2D eigenvalue weighted by Crippen LogP contribution is 2.43. The summed E-state index contributed by atoms with van der Waals surface area (Å²) in [5.74, 6) is -0.335. The van der Waals surface area contributed by atoms with Crippen LogP contribution in [-0.2, 0) is 14.8 Å². The molecule has 0 aromatic heterocycles. The third-order valence-electron chi connectivity index (χ3n) is 6.46. The van der Waals surface area contributed by atoms with Crippen LogP contribution in [0.1, 0.15) is 22.7 Å². The van der Waals surface area contributed by atoms with Crippen LogP contribution in [-0.4, -0.2) is 20.4 Å². The van der Waals surface area contributed by atoms with Gasteiger partial charge in [-0.3, -0.25) is 9.69 Å². The molecule has 1 fully saturated rings. The second kappa shape index (κ2) is 10.8. The van der Waals surface area contributed by atoms with Crippen LogP contribution >= 0.6 is 23.2 Å². The zero-order valence-electron chi connectivity index (χ0n) is 20.4. The van der Waals surface area contributed by atoms with Crippen LogP contribution in [0.5, 0.6) is 0 Å². The summed E-state index contributed by atoms with van der Waals surface area (Å²) in [6, 6.07) is 28.2. The number of aryl methyl sites for hydroxylation is 1. The van der Waals surface area contributed by atoms with Gasteiger partial charge in [-0.2, -0.15) is 0 Å². The highest BCUT2D eigenvalue weighted by atomic mass is 35.5. The number of rotatable bonds is 6. The van der Waals surface area contributed by atoms with Crippen molar-refractivity contribution in [3.63, 3.8) is 0 Å². The number of hydrogen-bond acceptors (Lipinski definition) is 3. The highest BCUT2D eigenvalue weighted by molar-refractivity contribution is 7.89. The first-order chi connectivity index (χ1) is 18.2. The lowest BCUT2D eigenvalue weighted by molar-refractivity contribution is -0.114. The average molecular weight is 564 g/mol. The Labute approximate surface area is 232 Å². The molecule has 1 aliphatic rings. The van der Waals surface area contributed by atoms with Gasteiger partial charge >= 0.3 is 0 Å². The molecule has 5 rings (SSSR count). The Morgan fingerprint density at radius 1 is 0.816 bits per heavy atom. The molecule has 0 saturated carbocycles. The van der Waals surface area contributed by atoms with E-state index < -0.39 is 22.1 Å². The van der Waals surface area contributed by atoms with Gasteiger partial charge in [0, 0.05) is 21.3 Å². The zero-order chi connectivity index (χ0) is 26.9. The minimum atomic E-state index is -4.01. The Kier molecular flexibility index (Phi) is 7.41. The van der Waals surface area contributed by atoms with Gasteiger partial charge in [0.15, 0.2) is 0 Å². The number of anilines is 1. The standard InChI is InChI=1S/C30H24Cl2N2O3S/c1-20-11-17-24(18-12-20)38(36,37)33-28-26(19-21-7-3-2-4-8-21)30(35)34(23-15-13-22(31)14-16-23)29(28)25-9-5-6-10-27(25)32/h2-19,28-29,33H,1H3/b26-19-/t28-,29+/m0/s1. The van der Waals surface area contributed by atoms with Crippen LogP contribution in [0.25, 0.3) is 6.08 Å². The molecule has 0 spiro atoms. The van der Waals surface area contributed by atoms with E-state index in [0.29, 0.717) is 26.9 Å². The molecule has 4 aromatic rings. The largest absolute Gasteiger partial charge is 0.299 e. The molecule has 1 amide bonds. The molecule has 4 aromatic carbocycles. The van der Waals surface area contributed by atoms with Gasteiger partial charge in [0.1, 0.15) is 0 Å². The molecule has 192 valence electrons. The van der Waals surface area contributed by atoms with Crippen molar-refractivity contribution in [2.75, 3.05) is 4.90 Å². The van der Waals surface area contributed by atoms with Crippen molar-refractivity contribution in [2.45, 2.75) is 23.9 Å². The van der Waals surface area contributed by atoms with E-state index in [1.165, 1.54) is 0 Å². The molecular weight excluding hydrogens is 539 g/mol. The van der Waals surface area contributed by atoms with Gasteiger partial charge in [0.25, 0.3) is 5.91 Å². The first-order valence-electron chi connectivity index (χ1n) is 11.9. The van der Waals surface area contributed by atoms with E-state index in [9.17, 15) is 13.2 Å². The van der Waals surface area contributed by atoms with Crippen molar-refractivity contribution in [1.82, 2.24) is 4.72 Å². The van der Waals surface area contributed by atoms with Gasteiger partial charge in [0.05, 0.1) is 17.0 Å². The summed E-state index contributed by atoms with van der Waals surface area (Å²) in [7, 11) is -4.01. The quantitative estimate of drug-likeness (QED) is 0.262. The second-order valence-electron chi connectivity index (χ2n) is 9.04. The topological polar surface area (TPSA) is 66.5 Å². The van der Waals surface area contributed by atoms with E-state index in [1.807, 2.05) is 49.4 Å². The summed E-state index contributed by atoms with van der Waals surface area (Å²) in [5.41, 5.74) is 3.19. The Balaban J connectivity index is 1.71. The normalized spacial score (nSPS) is 18.8. The van der Waals surface area contributed by atoms with Crippen molar-refractivity contribution in [2.24, 2.45) is 0 Å². The van der Waals surface area contributed by atoms with Crippen molar-refractivity contribution < 1.29 is 13.2 Å². The van der Waals surface area contributed by atoms with E-state index in [1.54, 1.807) is 71.6 Å². The molecule has 1 N–H and O–H groups in total. The van der Waals surface area contributed by atoms with E-state index >= 15 is 0 Å². The van der Waals surface area contributed by atoms with E-state index in [4.69, 9.17) is 23.2 Å². The van der Waals surface area contributed by atoms with Crippen LogP contribution in [0.15, 0.2) is 114 Å². The predicted octanol–water partition coefficient (Wildman–Crippen LogP) is 6.82. The average Bonchev–Trinajstić information content (AvgIpc) is 3.16. The first kappa shape index (κ1) is 26.2. The first-order valence-corrected chi connectivity index (χ1v) is 14.2. The lowest BCUT2D eigenvalue weighted by Gasteiger charge is -2.29. The Bertz CT molecular complexity index is 1600. The second-order valence-corrected chi connectivity index (χ2v) is 11.6. The summed E-state index contributed by atoms with van der Waals surface area (Å²) < 4.78 is 30.1. The fraction of sp³-hybridized carbons (Fsp3) is 0.100. The van der Waals surface area contributed by atoms with Gasteiger partial charge in [-0.15, -0.1) is 0 Å². The zero-order valence-corrected chi connectivity index (χ0v) is 22.7. The number of benzene rings is 4. The van der Waals surface area contributed by atoms with Crippen LogP contribution < -0.4 is 9.62 Å². The number of carbonyl (C=O) groups excluding carboxylic acids is 1. The maximum Gasteiger partial charge on any atom is 0.256 e. The molecule has 0 unspecified atom stereocenters. The van der Waals surface area contributed by atoms with Crippen molar-refractivity contribution in [1.29, 1.82) is 0 Å². The highest BCUT2D eigenvalue weighted by Gasteiger charge is 2.48. The molecule has 8 heteroatoms. The molecule has 0 radical (unpaired) electrons. The van der Waals surface area contributed by atoms with Crippen molar-refractivity contribution >= 4 is 50.9 Å². The number of halogens is 2. The number of sulfonamides is 1. The summed E-state index contributed by atoms with van der Waals surface area (Å²) in [6.45, 7) is 1.89. The molecule has 1 heterocycles. The fourth-order valence-corrected chi connectivity index (χ4v) is 6.19. The smallest absolute Gasteiger partial charge is 0.256 e. The van der Waals surface area contributed by atoms with Gasteiger partial charge in [-0.25, -0.2) is 13.1 Å². The molecule has 1 saturated heterocycles. The maximum atomic E-state index is 14.1. The van der Waals surface area contributed by atoms with E-state index in [2.05, 4.69) is 4.72 Å². The summed E-state index contributed by atoms with van der Waals surface area (Å²) in [4.78, 5) is 15.8. The van der Waals surface area contributed by atoms with E-state index in [-0.39, 0.29) is 10.8 Å². The molecular formula is C30H24Cl2N2O3S. The molecule has 1 aliphatic heterocycles. The Morgan fingerprint density at radius 2 is 1.45 bits per heavy atom. The minimum absolute atomic E-state index is 0.109. The predicted molar refractivity (Wildman–Crippen MR) is 153 cm³/mol. The molecule has 5 nitrogen and oxygen atoms in total. The Hall–Kier alpha value is -3.42. The Morgan fingerprint density at radius 3 is 2.11 bits per heavy atom. The lowest BCUT2D eigenvalue weighted by atomic mass is 9.96. The van der Waals surface area contributed by atoms with E-state index in [0.717, 1.165) is 11.1 Å². The number of carbonyl (C=O) groups is 1. The van der Waals surface area contributed by atoms with Crippen LogP contribution in [0, 0.1) is 6.92 Å². The van der Waals surface area contributed by atoms with Crippen molar-refractivity contribution in [3.8, 4) is 0 Å². The third-order valence-corrected chi connectivity index (χ3v) is 8.51. The molecule has 38 heavy (non-hydrogen) atoms. The van der Waals surface area contributed by atoms with Crippen LogP contribution in [0.3, 0.4) is 0 Å². The lowest BCUT2D eigenvalue weighted by Crippen LogP contribution is -2.40. The molecule has 2 atom stereocenters. The minimum Gasteiger partial charge on any atom is -0.299 e. The number of nitrogens with zero attached hydrogens (tertiary/aromatic N) is 1. The molecule has 0 bridgehead atoms. The van der Waals surface area contributed by atoms with Gasteiger partial charge in [0.2, 0.25) is 10.0 Å². The van der Waals surface area contributed by atoms with Crippen LogP contribution in [0.2, 0.25) is 10.0 Å². The maximum absolute atomic E-state index is 14.1.